The number of hydrogen-bond acceptors (Lipinski definition) is 6. The standard InChI is InChI=1S/C24H27F3N2O5S/c1-29(2)19-6-5-13(23(31)28-16-8-17(25)21(27)18(26)9-16)7-20(19)35(33,34)22-14-3-4-15(22)11-24(32,10-14)12-30/h5-9,14-15,22,30,32H,3-4,10-12H2,1-2H3,(H,28,31). The quantitative estimate of drug-likeness (QED) is 0.514. The van der Waals surface area contributed by atoms with Gasteiger partial charge < -0.3 is 20.4 Å². The zero-order chi connectivity index (χ0) is 25.7. The Morgan fingerprint density at radius 3 is 2.17 bits per heavy atom. The average Bonchev–Trinajstić information content (AvgIpc) is 3.10. The van der Waals surface area contributed by atoms with Crippen molar-refractivity contribution in [3.63, 3.8) is 0 Å². The second-order valence-corrected chi connectivity index (χ2v) is 11.8. The van der Waals surface area contributed by atoms with Gasteiger partial charge in [0.1, 0.15) is 0 Å². The van der Waals surface area contributed by atoms with Crippen LogP contribution in [0.25, 0.3) is 0 Å². The first-order valence-electron chi connectivity index (χ1n) is 11.2. The van der Waals surface area contributed by atoms with Crippen LogP contribution in [0.1, 0.15) is 36.0 Å². The summed E-state index contributed by atoms with van der Waals surface area (Å²) in [7, 11) is -0.634. The van der Waals surface area contributed by atoms with Crippen molar-refractivity contribution in [2.24, 2.45) is 11.8 Å². The normalized spacial score (nSPS) is 26.0. The number of nitrogens with zero attached hydrogens (tertiary/aromatic N) is 1. The van der Waals surface area contributed by atoms with Gasteiger partial charge in [0.25, 0.3) is 5.91 Å². The van der Waals surface area contributed by atoms with E-state index in [0.717, 1.165) is 0 Å². The minimum absolute atomic E-state index is 0.0608. The minimum atomic E-state index is -3.96. The number of aliphatic hydroxyl groups is 2. The third-order valence-corrected chi connectivity index (χ3v) is 9.45. The highest BCUT2D eigenvalue weighted by Gasteiger charge is 2.54. The van der Waals surface area contributed by atoms with Crippen molar-refractivity contribution in [1.82, 2.24) is 0 Å². The third kappa shape index (κ3) is 4.64. The molecule has 2 aliphatic rings. The monoisotopic (exact) mass is 512 g/mol. The van der Waals surface area contributed by atoms with Crippen LogP contribution in [-0.4, -0.2) is 56.1 Å². The summed E-state index contributed by atoms with van der Waals surface area (Å²) in [6, 6.07) is 5.35. The fraction of sp³-hybridized carbons (Fsp3) is 0.458. The van der Waals surface area contributed by atoms with Crippen LogP contribution in [0.15, 0.2) is 35.2 Å². The number of rotatable bonds is 6. The molecule has 2 aliphatic carbocycles. The van der Waals surface area contributed by atoms with E-state index >= 15 is 0 Å². The van der Waals surface area contributed by atoms with Crippen LogP contribution in [0.3, 0.4) is 0 Å². The molecule has 0 aromatic heterocycles. The molecule has 190 valence electrons. The molecule has 11 heteroatoms. The van der Waals surface area contributed by atoms with E-state index in [1.807, 2.05) is 0 Å². The van der Waals surface area contributed by atoms with Crippen molar-refractivity contribution in [2.75, 3.05) is 30.9 Å². The van der Waals surface area contributed by atoms with Crippen molar-refractivity contribution < 1.29 is 36.6 Å². The van der Waals surface area contributed by atoms with Gasteiger partial charge in [-0.25, -0.2) is 21.6 Å². The highest BCUT2D eigenvalue weighted by molar-refractivity contribution is 7.92. The summed E-state index contributed by atoms with van der Waals surface area (Å²) in [5.74, 6) is -6.10. The second-order valence-electron chi connectivity index (χ2n) is 9.68. The lowest BCUT2D eigenvalue weighted by atomic mass is 9.77. The topological polar surface area (TPSA) is 107 Å². The van der Waals surface area contributed by atoms with E-state index in [1.54, 1.807) is 19.0 Å². The van der Waals surface area contributed by atoms with Crippen LogP contribution in [0.2, 0.25) is 0 Å². The molecule has 2 fully saturated rings. The largest absolute Gasteiger partial charge is 0.393 e. The van der Waals surface area contributed by atoms with E-state index in [0.29, 0.717) is 30.7 Å². The van der Waals surface area contributed by atoms with Gasteiger partial charge in [0.15, 0.2) is 27.3 Å². The number of nitrogens with one attached hydrogen (secondary N) is 1. The Hall–Kier alpha value is -2.63. The number of carbonyl (C=O) groups is 1. The summed E-state index contributed by atoms with van der Waals surface area (Å²) in [6.45, 7) is -0.435. The number of sulfone groups is 1. The van der Waals surface area contributed by atoms with Gasteiger partial charge in [-0.3, -0.25) is 4.79 Å². The number of anilines is 2. The molecule has 2 aromatic carbocycles. The second kappa shape index (κ2) is 9.11. The van der Waals surface area contributed by atoms with Crippen molar-refractivity contribution in [1.29, 1.82) is 0 Å². The molecule has 2 unspecified atom stereocenters. The van der Waals surface area contributed by atoms with Crippen molar-refractivity contribution in [3.8, 4) is 0 Å². The van der Waals surface area contributed by atoms with Gasteiger partial charge >= 0.3 is 0 Å². The van der Waals surface area contributed by atoms with Crippen LogP contribution in [0.5, 0.6) is 0 Å². The Kier molecular flexibility index (Phi) is 6.62. The zero-order valence-corrected chi connectivity index (χ0v) is 20.1. The highest BCUT2D eigenvalue weighted by Crippen LogP contribution is 2.51. The summed E-state index contributed by atoms with van der Waals surface area (Å²) < 4.78 is 68.1. The minimum Gasteiger partial charge on any atom is -0.393 e. The molecule has 3 N–H and O–H groups in total. The van der Waals surface area contributed by atoms with Crippen molar-refractivity contribution in [3.05, 3.63) is 53.3 Å². The maximum absolute atomic E-state index is 13.9. The molecular weight excluding hydrogens is 485 g/mol. The Morgan fingerprint density at radius 1 is 1.09 bits per heavy atom. The van der Waals surface area contributed by atoms with E-state index in [1.165, 1.54) is 18.2 Å². The SMILES string of the molecule is CN(C)c1ccc(C(=O)Nc2cc(F)c(F)c(F)c2)cc1S(=O)(=O)C1C2CCC1CC(O)(CO)C2. The molecule has 1 amide bonds. The number of hydrogen-bond donors (Lipinski definition) is 3. The predicted octanol–water partition coefficient (Wildman–Crippen LogP) is 3.11. The van der Waals surface area contributed by atoms with E-state index in [2.05, 4.69) is 5.32 Å². The number of aliphatic hydroxyl groups excluding tert-OH is 1. The molecule has 2 bridgehead atoms. The van der Waals surface area contributed by atoms with Gasteiger partial charge in [-0.1, -0.05) is 0 Å². The number of carbonyl (C=O) groups excluding carboxylic acids is 1. The smallest absolute Gasteiger partial charge is 0.255 e. The fourth-order valence-corrected chi connectivity index (χ4v) is 8.11. The molecule has 2 saturated carbocycles. The molecule has 4 rings (SSSR count). The Balaban J connectivity index is 1.69. The molecular formula is C24H27F3N2O5S. The molecule has 7 nitrogen and oxygen atoms in total. The van der Waals surface area contributed by atoms with Crippen LogP contribution in [0.4, 0.5) is 24.5 Å². The lowest BCUT2D eigenvalue weighted by Crippen LogP contribution is -2.48. The molecule has 0 saturated heterocycles. The number of amides is 1. The summed E-state index contributed by atoms with van der Waals surface area (Å²) in [5.41, 5.74) is -1.32. The van der Waals surface area contributed by atoms with Gasteiger partial charge in [0, 0.05) is 37.5 Å². The lowest BCUT2D eigenvalue weighted by Gasteiger charge is -2.40. The highest BCUT2D eigenvalue weighted by atomic mass is 32.2. The maximum Gasteiger partial charge on any atom is 0.255 e. The van der Waals surface area contributed by atoms with E-state index < -0.39 is 50.7 Å². The van der Waals surface area contributed by atoms with Crippen LogP contribution >= 0.6 is 0 Å². The van der Waals surface area contributed by atoms with Crippen molar-refractivity contribution in [2.45, 2.75) is 41.4 Å². The van der Waals surface area contributed by atoms with E-state index in [-0.39, 0.29) is 40.8 Å². The fourth-order valence-electron chi connectivity index (χ4n) is 5.50. The zero-order valence-electron chi connectivity index (χ0n) is 19.3. The van der Waals surface area contributed by atoms with Gasteiger partial charge in [-0.05, 0) is 55.7 Å². The third-order valence-electron chi connectivity index (χ3n) is 7.03. The van der Waals surface area contributed by atoms with E-state index in [9.17, 15) is 36.6 Å². The molecule has 0 heterocycles. The number of fused-ring (bicyclic) bond motifs is 2. The Labute approximate surface area is 201 Å². The summed E-state index contributed by atoms with van der Waals surface area (Å²) in [5, 5.41) is 21.7. The van der Waals surface area contributed by atoms with Gasteiger partial charge in [0.05, 0.1) is 28.0 Å². The van der Waals surface area contributed by atoms with Gasteiger partial charge in [-0.2, -0.15) is 0 Å². The summed E-state index contributed by atoms with van der Waals surface area (Å²) >= 11 is 0. The molecule has 2 aromatic rings. The molecule has 0 radical (unpaired) electrons. The van der Waals surface area contributed by atoms with E-state index in [4.69, 9.17) is 0 Å². The summed E-state index contributed by atoms with van der Waals surface area (Å²) in [4.78, 5) is 14.3. The van der Waals surface area contributed by atoms with Gasteiger partial charge in [0.2, 0.25) is 0 Å². The van der Waals surface area contributed by atoms with Crippen molar-refractivity contribution >= 4 is 27.1 Å². The number of benzene rings is 2. The number of halogens is 3. The van der Waals surface area contributed by atoms with Gasteiger partial charge in [-0.15, -0.1) is 0 Å². The van der Waals surface area contributed by atoms with Crippen LogP contribution < -0.4 is 10.2 Å². The Morgan fingerprint density at radius 2 is 1.66 bits per heavy atom. The molecule has 0 aliphatic heterocycles. The first-order chi connectivity index (χ1) is 16.4. The molecule has 2 atom stereocenters. The van der Waals surface area contributed by atoms with Crippen LogP contribution in [-0.2, 0) is 9.84 Å². The first kappa shape index (κ1) is 25.5. The molecule has 0 spiro atoms. The average molecular weight is 513 g/mol. The summed E-state index contributed by atoms with van der Waals surface area (Å²) in [6.07, 6.45) is 1.55. The van der Waals surface area contributed by atoms with Crippen LogP contribution in [0, 0.1) is 29.3 Å². The predicted molar refractivity (Wildman–Crippen MR) is 123 cm³/mol. The Bertz CT molecular complexity index is 1230. The first-order valence-corrected chi connectivity index (χ1v) is 12.8. The molecule has 35 heavy (non-hydrogen) atoms. The lowest BCUT2D eigenvalue weighted by molar-refractivity contribution is -0.0597. The maximum atomic E-state index is 13.9.